The predicted molar refractivity (Wildman–Crippen MR) is 85.4 cm³/mol. The molecule has 0 unspecified atom stereocenters. The van der Waals surface area contributed by atoms with Gasteiger partial charge in [-0.2, -0.15) is 0 Å². The zero-order valence-electron chi connectivity index (χ0n) is 12.3. The molecule has 0 aliphatic heterocycles. The molecule has 1 aromatic carbocycles. The Bertz CT molecular complexity index is 449. The third kappa shape index (κ3) is 8.96. The lowest BCUT2D eigenvalue weighted by molar-refractivity contribution is -0.118. The molecule has 0 heterocycles. The lowest BCUT2D eigenvalue weighted by Crippen LogP contribution is -2.27. The maximum atomic E-state index is 11.4. The number of nitrogens with one attached hydrogen (secondary N) is 1. The van der Waals surface area contributed by atoms with E-state index in [0.29, 0.717) is 13.2 Å². The van der Waals surface area contributed by atoms with Gasteiger partial charge in [0, 0.05) is 6.54 Å². The molecular weight excluding hydrogens is 288 g/mol. The van der Waals surface area contributed by atoms with E-state index in [2.05, 4.69) is 5.32 Å². The van der Waals surface area contributed by atoms with E-state index in [1.165, 1.54) is 17.3 Å². The smallest absolute Gasteiger partial charge is 0.230 e. The fourth-order valence-electron chi connectivity index (χ4n) is 1.57. The highest BCUT2D eigenvalue weighted by Crippen LogP contribution is 2.11. The highest BCUT2D eigenvalue weighted by molar-refractivity contribution is 8.00. The summed E-state index contributed by atoms with van der Waals surface area (Å²) in [6.45, 7) is 3.29. The lowest BCUT2D eigenvalue weighted by Gasteiger charge is -2.07. The van der Waals surface area contributed by atoms with Gasteiger partial charge < -0.3 is 15.8 Å². The third-order valence-corrected chi connectivity index (χ3v) is 3.62. The summed E-state index contributed by atoms with van der Waals surface area (Å²) in [6.07, 6.45) is 1.74. The highest BCUT2D eigenvalue weighted by atomic mass is 32.2. The Hall–Kier alpha value is -1.69. The molecule has 2 amide bonds. The van der Waals surface area contributed by atoms with Crippen LogP contribution < -0.4 is 15.8 Å². The maximum absolute atomic E-state index is 11.4. The molecule has 3 N–H and O–H groups in total. The zero-order valence-corrected chi connectivity index (χ0v) is 13.1. The molecule has 21 heavy (non-hydrogen) atoms. The molecule has 1 aromatic rings. The fraction of sp³-hybridized carbons (Fsp3) is 0.467. The molecule has 0 saturated carbocycles. The van der Waals surface area contributed by atoms with Crippen molar-refractivity contribution in [2.45, 2.75) is 19.8 Å². The van der Waals surface area contributed by atoms with Crippen LogP contribution in [0.15, 0.2) is 24.3 Å². The first-order valence-electron chi connectivity index (χ1n) is 6.90. The van der Waals surface area contributed by atoms with Crippen molar-refractivity contribution in [3.8, 4) is 5.75 Å². The van der Waals surface area contributed by atoms with E-state index < -0.39 is 5.91 Å². The summed E-state index contributed by atoms with van der Waals surface area (Å²) in [7, 11) is 0. The summed E-state index contributed by atoms with van der Waals surface area (Å²) in [5, 5.41) is 2.80. The second-order valence-corrected chi connectivity index (χ2v) is 5.66. The van der Waals surface area contributed by atoms with E-state index in [-0.39, 0.29) is 17.4 Å². The zero-order chi connectivity index (χ0) is 15.5. The van der Waals surface area contributed by atoms with Crippen LogP contribution in [0.1, 0.15) is 18.4 Å². The van der Waals surface area contributed by atoms with Gasteiger partial charge in [-0.1, -0.05) is 17.7 Å². The van der Waals surface area contributed by atoms with Gasteiger partial charge in [0.15, 0.2) is 0 Å². The Balaban J connectivity index is 1.98. The quantitative estimate of drug-likeness (QED) is 0.642. The number of amides is 2. The van der Waals surface area contributed by atoms with Crippen LogP contribution in [0.2, 0.25) is 0 Å². The molecule has 0 fully saturated rings. The van der Waals surface area contributed by atoms with Gasteiger partial charge in [-0.3, -0.25) is 9.59 Å². The van der Waals surface area contributed by atoms with Crippen LogP contribution in [0.25, 0.3) is 0 Å². The van der Waals surface area contributed by atoms with Crippen molar-refractivity contribution in [1.82, 2.24) is 5.32 Å². The molecule has 0 aliphatic carbocycles. The van der Waals surface area contributed by atoms with Crippen molar-refractivity contribution in [2.24, 2.45) is 5.73 Å². The Morgan fingerprint density at radius 3 is 2.57 bits per heavy atom. The molecule has 0 saturated heterocycles. The standard InChI is InChI=1S/C15H22N2O3S/c1-12-4-6-13(7-5-12)20-9-3-2-8-17-15(19)11-21-10-14(16)18/h4-7H,2-3,8-11H2,1H3,(H2,16,18)(H,17,19). The van der Waals surface area contributed by atoms with E-state index in [9.17, 15) is 9.59 Å². The fourth-order valence-corrected chi connectivity index (χ4v) is 2.17. The number of benzene rings is 1. The number of hydrogen-bond acceptors (Lipinski definition) is 4. The summed E-state index contributed by atoms with van der Waals surface area (Å²) in [6, 6.07) is 7.93. The number of ether oxygens (including phenoxy) is 1. The third-order valence-electron chi connectivity index (χ3n) is 2.66. The molecule has 0 bridgehead atoms. The molecule has 1 rings (SSSR count). The minimum Gasteiger partial charge on any atom is -0.494 e. The van der Waals surface area contributed by atoms with Gasteiger partial charge in [-0.15, -0.1) is 11.8 Å². The van der Waals surface area contributed by atoms with Crippen molar-refractivity contribution in [2.75, 3.05) is 24.7 Å². The monoisotopic (exact) mass is 310 g/mol. The van der Waals surface area contributed by atoms with Crippen LogP contribution in [0.5, 0.6) is 5.75 Å². The molecule has 116 valence electrons. The molecule has 0 atom stereocenters. The van der Waals surface area contributed by atoms with Gasteiger partial charge in [0.05, 0.1) is 18.1 Å². The summed E-state index contributed by atoms with van der Waals surface area (Å²) in [5.74, 6) is 0.843. The molecule has 0 spiro atoms. The van der Waals surface area contributed by atoms with Gasteiger partial charge in [0.1, 0.15) is 5.75 Å². The SMILES string of the molecule is Cc1ccc(OCCCCNC(=O)CSCC(N)=O)cc1. The molecule has 0 aliphatic rings. The van der Waals surface area contributed by atoms with Crippen molar-refractivity contribution >= 4 is 23.6 Å². The number of primary amides is 1. The van der Waals surface area contributed by atoms with Crippen molar-refractivity contribution in [1.29, 1.82) is 0 Å². The number of hydrogen-bond donors (Lipinski definition) is 2. The Labute approximate surface area is 129 Å². The Kier molecular flexibility index (Phi) is 8.35. The van der Waals surface area contributed by atoms with Crippen LogP contribution in [0.4, 0.5) is 0 Å². The minimum atomic E-state index is -0.402. The molecule has 0 radical (unpaired) electrons. The van der Waals surface area contributed by atoms with E-state index in [1.807, 2.05) is 31.2 Å². The van der Waals surface area contributed by atoms with Crippen molar-refractivity contribution in [3.05, 3.63) is 29.8 Å². The summed E-state index contributed by atoms with van der Waals surface area (Å²) >= 11 is 1.22. The molecule has 5 nitrogen and oxygen atoms in total. The minimum absolute atomic E-state index is 0.0688. The van der Waals surface area contributed by atoms with Crippen LogP contribution in [0.3, 0.4) is 0 Å². The number of carbonyl (C=O) groups is 2. The average molecular weight is 310 g/mol. The number of aryl methyl sites for hydroxylation is 1. The first-order chi connectivity index (χ1) is 10.1. The average Bonchev–Trinajstić information content (AvgIpc) is 2.44. The van der Waals surface area contributed by atoms with Gasteiger partial charge in [-0.25, -0.2) is 0 Å². The Morgan fingerprint density at radius 2 is 1.90 bits per heavy atom. The largest absolute Gasteiger partial charge is 0.494 e. The second kappa shape index (κ2) is 10.1. The number of rotatable bonds is 10. The number of unbranched alkanes of at least 4 members (excludes halogenated alkanes) is 1. The molecule has 6 heteroatoms. The van der Waals surface area contributed by atoms with Crippen LogP contribution >= 0.6 is 11.8 Å². The van der Waals surface area contributed by atoms with Crippen molar-refractivity contribution in [3.63, 3.8) is 0 Å². The number of carbonyl (C=O) groups excluding carboxylic acids is 2. The Morgan fingerprint density at radius 1 is 1.19 bits per heavy atom. The highest BCUT2D eigenvalue weighted by Gasteiger charge is 2.02. The number of thioether (sulfide) groups is 1. The lowest BCUT2D eigenvalue weighted by atomic mass is 10.2. The number of nitrogens with two attached hydrogens (primary N) is 1. The second-order valence-electron chi connectivity index (χ2n) is 4.68. The van der Waals surface area contributed by atoms with Crippen molar-refractivity contribution < 1.29 is 14.3 Å². The van der Waals surface area contributed by atoms with Gasteiger partial charge in [-0.05, 0) is 31.9 Å². The van der Waals surface area contributed by atoms with Crippen LogP contribution in [-0.4, -0.2) is 36.5 Å². The summed E-state index contributed by atoms with van der Waals surface area (Å²) in [5.41, 5.74) is 6.19. The predicted octanol–water partition coefficient (Wildman–Crippen LogP) is 1.49. The topological polar surface area (TPSA) is 81.4 Å². The normalized spacial score (nSPS) is 10.1. The van der Waals surface area contributed by atoms with Gasteiger partial charge in [0.2, 0.25) is 11.8 Å². The van der Waals surface area contributed by atoms with E-state index in [0.717, 1.165) is 18.6 Å². The molecule has 0 aromatic heterocycles. The first-order valence-corrected chi connectivity index (χ1v) is 8.05. The summed E-state index contributed by atoms with van der Waals surface area (Å²) < 4.78 is 5.59. The molecular formula is C15H22N2O3S. The van der Waals surface area contributed by atoms with E-state index >= 15 is 0 Å². The van der Waals surface area contributed by atoms with E-state index in [1.54, 1.807) is 0 Å². The van der Waals surface area contributed by atoms with E-state index in [4.69, 9.17) is 10.5 Å². The maximum Gasteiger partial charge on any atom is 0.230 e. The summed E-state index contributed by atoms with van der Waals surface area (Å²) in [4.78, 5) is 21.9. The van der Waals surface area contributed by atoms with Gasteiger partial charge in [0.25, 0.3) is 0 Å². The van der Waals surface area contributed by atoms with Gasteiger partial charge >= 0.3 is 0 Å². The first kappa shape index (κ1) is 17.4. The van der Waals surface area contributed by atoms with Crippen LogP contribution in [0, 0.1) is 6.92 Å². The van der Waals surface area contributed by atoms with Crippen LogP contribution in [-0.2, 0) is 9.59 Å².